The minimum absolute atomic E-state index is 0.400. The van der Waals surface area contributed by atoms with Crippen LogP contribution in [0.5, 0.6) is 5.75 Å². The summed E-state index contributed by atoms with van der Waals surface area (Å²) in [6.45, 7) is 2.87. The number of carbonyl (C=O) groups excluding carboxylic acids is 1. The first-order valence-electron chi connectivity index (χ1n) is 6.56. The Hall–Kier alpha value is -1.31. The number of rotatable bonds is 6. The third-order valence-electron chi connectivity index (χ3n) is 3.20. The quantitative estimate of drug-likeness (QED) is 0.752. The number of ether oxygens (including phenoxy) is 1. The van der Waals surface area contributed by atoms with Gasteiger partial charge < -0.3 is 4.74 Å². The molecule has 2 nitrogen and oxygen atoms in total. The second-order valence-corrected chi connectivity index (χ2v) is 4.68. The second kappa shape index (κ2) is 5.85. The summed E-state index contributed by atoms with van der Waals surface area (Å²) in [5, 5.41) is 0. The van der Waals surface area contributed by atoms with Gasteiger partial charge in [0.2, 0.25) is 0 Å². The molecule has 0 aromatic heterocycles. The molecule has 1 aromatic rings. The highest BCUT2D eigenvalue weighted by atomic mass is 16.5. The normalized spacial score (nSPS) is 13.2. The predicted molar refractivity (Wildman–Crippen MR) is 68.5 cm³/mol. The van der Waals surface area contributed by atoms with E-state index in [9.17, 15) is 4.79 Å². The molecular formula is C15H20O2. The number of ketones is 1. The number of carbonyl (C=O) groups is 1. The van der Waals surface area contributed by atoms with Crippen LogP contribution in [0.2, 0.25) is 0 Å². The van der Waals surface area contributed by atoms with Crippen molar-refractivity contribution >= 4 is 5.78 Å². The van der Waals surface area contributed by atoms with Crippen LogP contribution in [0.1, 0.15) is 43.7 Å². The highest BCUT2D eigenvalue weighted by molar-refractivity contribution is 5.78. The van der Waals surface area contributed by atoms with E-state index in [2.05, 4.69) is 25.1 Å². The average molecular weight is 232 g/mol. The van der Waals surface area contributed by atoms with Crippen LogP contribution in [0, 0.1) is 0 Å². The number of benzene rings is 1. The number of hydrogen-bond donors (Lipinski definition) is 0. The monoisotopic (exact) mass is 232 g/mol. The lowest BCUT2D eigenvalue weighted by molar-refractivity contribution is -0.119. The molecule has 0 saturated heterocycles. The SMILES string of the molecule is CCCC(=O)CCCc1ccc2c(c1)CCO2. The molecule has 0 amide bonds. The lowest BCUT2D eigenvalue weighted by atomic mass is 10.0. The smallest absolute Gasteiger partial charge is 0.132 e. The van der Waals surface area contributed by atoms with E-state index in [4.69, 9.17) is 4.74 Å². The van der Waals surface area contributed by atoms with E-state index in [-0.39, 0.29) is 0 Å². The Kier molecular flexibility index (Phi) is 4.18. The predicted octanol–water partition coefficient (Wildman–Crippen LogP) is 3.31. The third-order valence-corrected chi connectivity index (χ3v) is 3.20. The molecule has 17 heavy (non-hydrogen) atoms. The zero-order valence-corrected chi connectivity index (χ0v) is 10.5. The molecule has 1 aliphatic rings. The van der Waals surface area contributed by atoms with Crippen LogP contribution in [0.25, 0.3) is 0 Å². The van der Waals surface area contributed by atoms with E-state index in [1.54, 1.807) is 0 Å². The van der Waals surface area contributed by atoms with E-state index in [1.165, 1.54) is 11.1 Å². The van der Waals surface area contributed by atoms with Crippen molar-refractivity contribution in [1.82, 2.24) is 0 Å². The Bertz CT molecular complexity index is 396. The standard InChI is InChI=1S/C15H20O2/c1-2-4-14(16)6-3-5-12-7-8-15-13(11-12)9-10-17-15/h7-8,11H,2-6,9-10H2,1H3. The molecule has 1 aliphatic heterocycles. The first-order valence-corrected chi connectivity index (χ1v) is 6.56. The van der Waals surface area contributed by atoms with Crippen molar-refractivity contribution in [2.45, 2.75) is 45.4 Å². The summed E-state index contributed by atoms with van der Waals surface area (Å²) >= 11 is 0. The Morgan fingerprint density at radius 1 is 1.35 bits per heavy atom. The Morgan fingerprint density at radius 2 is 2.24 bits per heavy atom. The van der Waals surface area contributed by atoms with Gasteiger partial charge >= 0.3 is 0 Å². The molecule has 0 fully saturated rings. The highest BCUT2D eigenvalue weighted by Gasteiger charge is 2.11. The minimum atomic E-state index is 0.400. The van der Waals surface area contributed by atoms with Gasteiger partial charge in [0.15, 0.2) is 0 Å². The summed E-state index contributed by atoms with van der Waals surface area (Å²) in [5.41, 5.74) is 2.65. The van der Waals surface area contributed by atoms with Crippen molar-refractivity contribution in [3.8, 4) is 5.75 Å². The van der Waals surface area contributed by atoms with Crippen molar-refractivity contribution in [3.63, 3.8) is 0 Å². The molecule has 0 aliphatic carbocycles. The van der Waals surface area contributed by atoms with Crippen LogP contribution in [-0.2, 0) is 17.6 Å². The van der Waals surface area contributed by atoms with Gasteiger partial charge in [-0.15, -0.1) is 0 Å². The summed E-state index contributed by atoms with van der Waals surface area (Å²) in [7, 11) is 0. The molecule has 0 N–H and O–H groups in total. The number of hydrogen-bond acceptors (Lipinski definition) is 2. The molecule has 0 spiro atoms. The van der Waals surface area contributed by atoms with Gasteiger partial charge in [0, 0.05) is 19.3 Å². The van der Waals surface area contributed by atoms with Gasteiger partial charge in [-0.2, -0.15) is 0 Å². The molecule has 92 valence electrons. The van der Waals surface area contributed by atoms with Crippen LogP contribution in [0.3, 0.4) is 0 Å². The van der Waals surface area contributed by atoms with Crippen LogP contribution >= 0.6 is 0 Å². The van der Waals surface area contributed by atoms with Crippen molar-refractivity contribution in [1.29, 1.82) is 0 Å². The minimum Gasteiger partial charge on any atom is -0.493 e. The molecule has 1 heterocycles. The van der Waals surface area contributed by atoms with E-state index >= 15 is 0 Å². The van der Waals surface area contributed by atoms with E-state index < -0.39 is 0 Å². The average Bonchev–Trinajstić information content (AvgIpc) is 2.76. The molecule has 0 bridgehead atoms. The zero-order chi connectivity index (χ0) is 12.1. The lowest BCUT2D eigenvalue weighted by Gasteiger charge is -2.04. The Labute approximate surface area is 103 Å². The third kappa shape index (κ3) is 3.32. The van der Waals surface area contributed by atoms with Gasteiger partial charge in [-0.3, -0.25) is 4.79 Å². The molecule has 0 saturated carbocycles. The first-order chi connectivity index (χ1) is 8.29. The maximum atomic E-state index is 11.4. The van der Waals surface area contributed by atoms with Gasteiger partial charge in [0.05, 0.1) is 6.61 Å². The van der Waals surface area contributed by atoms with Crippen LogP contribution in [-0.4, -0.2) is 12.4 Å². The first kappa shape index (κ1) is 12.2. The number of fused-ring (bicyclic) bond motifs is 1. The topological polar surface area (TPSA) is 26.3 Å². The van der Waals surface area contributed by atoms with Crippen molar-refractivity contribution in [2.24, 2.45) is 0 Å². The van der Waals surface area contributed by atoms with E-state index in [1.807, 2.05) is 0 Å². The van der Waals surface area contributed by atoms with E-state index in [0.29, 0.717) is 5.78 Å². The lowest BCUT2D eigenvalue weighted by Crippen LogP contribution is -1.98. The van der Waals surface area contributed by atoms with Gasteiger partial charge in [0.25, 0.3) is 0 Å². The fraction of sp³-hybridized carbons (Fsp3) is 0.533. The second-order valence-electron chi connectivity index (χ2n) is 4.68. The highest BCUT2D eigenvalue weighted by Crippen LogP contribution is 2.26. The fourth-order valence-electron chi connectivity index (χ4n) is 2.29. The summed E-state index contributed by atoms with van der Waals surface area (Å²) in [6, 6.07) is 6.41. The molecule has 0 unspecified atom stereocenters. The van der Waals surface area contributed by atoms with Crippen molar-refractivity contribution < 1.29 is 9.53 Å². The molecular weight excluding hydrogens is 212 g/mol. The van der Waals surface area contributed by atoms with Gasteiger partial charge in [0.1, 0.15) is 11.5 Å². The van der Waals surface area contributed by atoms with Crippen LogP contribution in [0.15, 0.2) is 18.2 Å². The molecule has 2 heteroatoms. The van der Waals surface area contributed by atoms with Gasteiger partial charge in [-0.05, 0) is 36.5 Å². The maximum absolute atomic E-state index is 11.4. The van der Waals surface area contributed by atoms with Crippen LogP contribution < -0.4 is 4.74 Å². The maximum Gasteiger partial charge on any atom is 0.132 e. The zero-order valence-electron chi connectivity index (χ0n) is 10.5. The van der Waals surface area contributed by atoms with E-state index in [0.717, 1.165) is 50.9 Å². The van der Waals surface area contributed by atoms with Gasteiger partial charge in [-0.1, -0.05) is 19.1 Å². The summed E-state index contributed by atoms with van der Waals surface area (Å²) in [4.78, 5) is 11.4. The van der Waals surface area contributed by atoms with Crippen molar-refractivity contribution in [2.75, 3.05) is 6.61 Å². The number of Topliss-reactive ketones (excluding diaryl/α,β-unsaturated/α-hetero) is 1. The van der Waals surface area contributed by atoms with Crippen molar-refractivity contribution in [3.05, 3.63) is 29.3 Å². The van der Waals surface area contributed by atoms with Gasteiger partial charge in [-0.25, -0.2) is 0 Å². The molecule has 2 rings (SSSR count). The molecule has 0 radical (unpaired) electrons. The largest absolute Gasteiger partial charge is 0.493 e. The summed E-state index contributed by atoms with van der Waals surface area (Å²) in [5.74, 6) is 1.44. The Balaban J connectivity index is 1.81. The summed E-state index contributed by atoms with van der Waals surface area (Å²) < 4.78 is 5.47. The molecule has 1 aromatic carbocycles. The number of aryl methyl sites for hydroxylation is 1. The van der Waals surface area contributed by atoms with Crippen LogP contribution in [0.4, 0.5) is 0 Å². The Morgan fingerprint density at radius 3 is 3.06 bits per heavy atom. The summed E-state index contributed by atoms with van der Waals surface area (Å²) in [6.07, 6.45) is 5.42. The fourth-order valence-corrected chi connectivity index (χ4v) is 2.29. The molecule has 0 atom stereocenters.